The average molecular weight is 346 g/mol. The lowest BCUT2D eigenvalue weighted by Gasteiger charge is -2.08. The van der Waals surface area contributed by atoms with Crippen LogP contribution in [0.5, 0.6) is 0 Å². The van der Waals surface area contributed by atoms with Gasteiger partial charge in [-0.05, 0) is 35.9 Å². The minimum Gasteiger partial charge on any atom is -0.465 e. The molecule has 3 aromatic rings. The van der Waals surface area contributed by atoms with E-state index in [9.17, 15) is 18.0 Å². The topological polar surface area (TPSA) is 52.1 Å². The van der Waals surface area contributed by atoms with Gasteiger partial charge in [0.1, 0.15) is 0 Å². The molecule has 0 N–H and O–H groups in total. The van der Waals surface area contributed by atoms with E-state index >= 15 is 0 Å². The quantitative estimate of drug-likeness (QED) is 0.672. The molecule has 1 aromatic carbocycles. The molecule has 128 valence electrons. The summed E-state index contributed by atoms with van der Waals surface area (Å²) in [6.45, 7) is 0. The zero-order chi connectivity index (χ0) is 18.0. The summed E-state index contributed by atoms with van der Waals surface area (Å²) < 4.78 is 43.1. The Morgan fingerprint density at radius 1 is 1.12 bits per heavy atom. The summed E-state index contributed by atoms with van der Waals surface area (Å²) in [5, 5.41) is 0.399. The highest BCUT2D eigenvalue weighted by molar-refractivity contribution is 5.89. The third-order valence-corrected chi connectivity index (χ3v) is 3.70. The van der Waals surface area contributed by atoms with Crippen molar-refractivity contribution < 1.29 is 22.7 Å². The van der Waals surface area contributed by atoms with Gasteiger partial charge in [-0.25, -0.2) is 4.79 Å². The normalized spacial score (nSPS) is 11.5. The second-order valence-electron chi connectivity index (χ2n) is 5.45. The number of esters is 1. The molecule has 7 heteroatoms. The third kappa shape index (κ3) is 3.76. The molecule has 25 heavy (non-hydrogen) atoms. The van der Waals surface area contributed by atoms with Gasteiger partial charge in [-0.15, -0.1) is 0 Å². The molecular weight excluding hydrogens is 333 g/mol. The fraction of sp³-hybridized carbons (Fsp3) is 0.167. The molecule has 0 spiro atoms. The minimum absolute atomic E-state index is 0.370. The van der Waals surface area contributed by atoms with Crippen LogP contribution in [0, 0.1) is 0 Å². The van der Waals surface area contributed by atoms with Crippen molar-refractivity contribution in [3.8, 4) is 0 Å². The van der Waals surface area contributed by atoms with E-state index in [1.807, 2.05) is 0 Å². The molecule has 3 rings (SSSR count). The highest BCUT2D eigenvalue weighted by Crippen LogP contribution is 2.30. The first-order valence-corrected chi connectivity index (χ1v) is 7.36. The Morgan fingerprint density at radius 3 is 2.64 bits per heavy atom. The number of methoxy groups -OCH3 is 1. The zero-order valence-corrected chi connectivity index (χ0v) is 13.2. The Balaban J connectivity index is 1.93. The molecule has 0 aliphatic carbocycles. The monoisotopic (exact) mass is 346 g/mol. The van der Waals surface area contributed by atoms with E-state index in [0.717, 1.165) is 17.8 Å². The molecule has 0 saturated carbocycles. The Morgan fingerprint density at radius 2 is 1.92 bits per heavy atom. The van der Waals surface area contributed by atoms with Gasteiger partial charge < -0.3 is 4.74 Å². The van der Waals surface area contributed by atoms with E-state index in [4.69, 9.17) is 0 Å². The first kappa shape index (κ1) is 16.9. The van der Waals surface area contributed by atoms with Crippen molar-refractivity contribution in [1.29, 1.82) is 0 Å². The summed E-state index contributed by atoms with van der Waals surface area (Å²) >= 11 is 0. The van der Waals surface area contributed by atoms with E-state index in [-0.39, 0.29) is 0 Å². The lowest BCUT2D eigenvalue weighted by atomic mass is 10.0. The predicted molar refractivity (Wildman–Crippen MR) is 85.1 cm³/mol. The highest BCUT2D eigenvalue weighted by atomic mass is 19.4. The van der Waals surface area contributed by atoms with Crippen LogP contribution in [0.2, 0.25) is 0 Å². The van der Waals surface area contributed by atoms with Crippen LogP contribution in [0.1, 0.15) is 27.2 Å². The van der Waals surface area contributed by atoms with Gasteiger partial charge in [-0.2, -0.15) is 13.2 Å². The predicted octanol–water partition coefficient (Wildman–Crippen LogP) is 4.03. The molecule has 0 unspecified atom stereocenters. The van der Waals surface area contributed by atoms with Gasteiger partial charge in [0.15, 0.2) is 0 Å². The number of halogens is 3. The molecule has 0 radical (unpaired) electrons. The minimum atomic E-state index is -4.44. The summed E-state index contributed by atoms with van der Waals surface area (Å²) in [5.74, 6) is -0.471. The summed E-state index contributed by atoms with van der Waals surface area (Å²) in [7, 11) is 1.29. The Labute approximate surface area is 141 Å². The Kier molecular flexibility index (Phi) is 4.39. The summed E-state index contributed by atoms with van der Waals surface area (Å²) in [6, 6.07) is 9.29. The van der Waals surface area contributed by atoms with Crippen LogP contribution in [0.25, 0.3) is 10.9 Å². The van der Waals surface area contributed by atoms with E-state index in [1.54, 1.807) is 24.3 Å². The summed E-state index contributed by atoms with van der Waals surface area (Å²) in [5.41, 5.74) is 1.44. The SMILES string of the molecule is COC(=O)c1ccnc(Cc2ccc3ncc(C(F)(F)F)cc3c2)c1. The van der Waals surface area contributed by atoms with Crippen LogP contribution in [-0.4, -0.2) is 23.0 Å². The number of carbonyl (C=O) groups is 1. The molecule has 0 aliphatic rings. The second kappa shape index (κ2) is 6.51. The molecule has 4 nitrogen and oxygen atoms in total. The van der Waals surface area contributed by atoms with E-state index < -0.39 is 17.7 Å². The number of ether oxygens (including phenoxy) is 1. The van der Waals surface area contributed by atoms with Crippen LogP contribution in [0.4, 0.5) is 13.2 Å². The van der Waals surface area contributed by atoms with Crippen LogP contribution in [0.15, 0.2) is 48.8 Å². The number of hydrogen-bond donors (Lipinski definition) is 0. The van der Waals surface area contributed by atoms with Crippen molar-refractivity contribution in [2.24, 2.45) is 0 Å². The van der Waals surface area contributed by atoms with E-state index in [0.29, 0.717) is 28.6 Å². The second-order valence-corrected chi connectivity index (χ2v) is 5.45. The van der Waals surface area contributed by atoms with Crippen molar-refractivity contribution in [1.82, 2.24) is 9.97 Å². The number of carbonyl (C=O) groups excluding carboxylic acids is 1. The van der Waals surface area contributed by atoms with Gasteiger partial charge in [0.25, 0.3) is 0 Å². The van der Waals surface area contributed by atoms with Crippen molar-refractivity contribution in [2.75, 3.05) is 7.11 Å². The van der Waals surface area contributed by atoms with Crippen molar-refractivity contribution in [2.45, 2.75) is 12.6 Å². The molecular formula is C18H13F3N2O2. The molecule has 0 amide bonds. The van der Waals surface area contributed by atoms with Crippen molar-refractivity contribution in [3.63, 3.8) is 0 Å². The fourth-order valence-corrected chi connectivity index (χ4v) is 2.47. The largest absolute Gasteiger partial charge is 0.465 e. The fourth-order valence-electron chi connectivity index (χ4n) is 2.47. The standard InChI is InChI=1S/C18H13F3N2O2/c1-25-17(24)12-4-5-22-15(9-12)7-11-2-3-16-13(6-11)8-14(10-23-16)18(19,20)21/h2-6,8-10H,7H2,1H3. The Hall–Kier alpha value is -2.96. The molecule has 0 fully saturated rings. The lowest BCUT2D eigenvalue weighted by Crippen LogP contribution is -2.05. The number of hydrogen-bond acceptors (Lipinski definition) is 4. The highest BCUT2D eigenvalue weighted by Gasteiger charge is 2.31. The van der Waals surface area contributed by atoms with Gasteiger partial charge >= 0.3 is 12.1 Å². The number of alkyl halides is 3. The maximum Gasteiger partial charge on any atom is 0.417 e. The number of nitrogens with zero attached hydrogens (tertiary/aromatic N) is 2. The average Bonchev–Trinajstić information content (AvgIpc) is 2.60. The van der Waals surface area contributed by atoms with Crippen LogP contribution < -0.4 is 0 Å². The first-order valence-electron chi connectivity index (χ1n) is 7.36. The molecule has 2 heterocycles. The van der Waals surface area contributed by atoms with E-state index in [2.05, 4.69) is 14.7 Å². The molecule has 2 aromatic heterocycles. The number of fused-ring (bicyclic) bond motifs is 1. The van der Waals surface area contributed by atoms with Gasteiger partial charge in [0.05, 0.1) is 23.8 Å². The molecule has 0 atom stereocenters. The van der Waals surface area contributed by atoms with E-state index in [1.165, 1.54) is 19.4 Å². The summed E-state index contributed by atoms with van der Waals surface area (Å²) in [6.07, 6.45) is -1.75. The van der Waals surface area contributed by atoms with Gasteiger partial charge in [0.2, 0.25) is 0 Å². The van der Waals surface area contributed by atoms with Crippen LogP contribution in [-0.2, 0) is 17.3 Å². The number of pyridine rings is 2. The first-order chi connectivity index (χ1) is 11.9. The maximum absolute atomic E-state index is 12.8. The van der Waals surface area contributed by atoms with Gasteiger partial charge in [-0.3, -0.25) is 9.97 Å². The van der Waals surface area contributed by atoms with Crippen LogP contribution in [0.3, 0.4) is 0 Å². The van der Waals surface area contributed by atoms with Gasteiger partial charge in [0, 0.05) is 29.9 Å². The maximum atomic E-state index is 12.8. The molecule has 0 aliphatic heterocycles. The van der Waals surface area contributed by atoms with Crippen molar-refractivity contribution in [3.05, 3.63) is 71.2 Å². The third-order valence-electron chi connectivity index (χ3n) is 3.70. The number of benzene rings is 1. The smallest absolute Gasteiger partial charge is 0.417 e. The number of aromatic nitrogens is 2. The lowest BCUT2D eigenvalue weighted by molar-refractivity contribution is -0.137. The number of rotatable bonds is 3. The van der Waals surface area contributed by atoms with Crippen molar-refractivity contribution >= 4 is 16.9 Å². The molecule has 0 saturated heterocycles. The molecule has 0 bridgehead atoms. The zero-order valence-electron chi connectivity index (χ0n) is 13.2. The van der Waals surface area contributed by atoms with Crippen LogP contribution >= 0.6 is 0 Å². The Bertz CT molecular complexity index is 939. The van der Waals surface area contributed by atoms with Gasteiger partial charge in [-0.1, -0.05) is 6.07 Å². The summed E-state index contributed by atoms with van der Waals surface area (Å²) in [4.78, 5) is 19.6.